The summed E-state index contributed by atoms with van der Waals surface area (Å²) in [6.45, 7) is 1.82. The van der Waals surface area contributed by atoms with Gasteiger partial charge in [0.2, 0.25) is 5.96 Å². The molecule has 3 rings (SSSR count). The average Bonchev–Trinajstić information content (AvgIpc) is 2.70. The van der Waals surface area contributed by atoms with E-state index in [1.807, 2.05) is 30.3 Å². The number of guanidine groups is 1. The quantitative estimate of drug-likeness (QED) is 0.402. The molecule has 2 aromatic carbocycles. The Morgan fingerprint density at radius 2 is 2.10 bits per heavy atom. The van der Waals surface area contributed by atoms with E-state index in [1.165, 1.54) is 12.5 Å². The molecule has 1 saturated heterocycles. The number of phenols is 1. The Hall–Kier alpha value is -2.56. The number of piperidine rings is 1. The van der Waals surface area contributed by atoms with Gasteiger partial charge in [-0.25, -0.2) is 4.99 Å². The predicted octanol–water partition coefficient (Wildman–Crippen LogP) is 4.54. The van der Waals surface area contributed by atoms with Crippen LogP contribution in [0.1, 0.15) is 24.8 Å². The Morgan fingerprint density at radius 1 is 1.31 bits per heavy atom. The summed E-state index contributed by atoms with van der Waals surface area (Å²) in [4.78, 5) is 9.39. The molecule has 29 heavy (non-hydrogen) atoms. The Balaban J connectivity index is 2.00. The lowest BCUT2D eigenvalue weighted by atomic mass is 10.0. The third-order valence-electron chi connectivity index (χ3n) is 4.93. The predicted molar refractivity (Wildman–Crippen MR) is 121 cm³/mol. The summed E-state index contributed by atoms with van der Waals surface area (Å²) in [5.74, 6) is 0.730. The summed E-state index contributed by atoms with van der Waals surface area (Å²) >= 11 is 3.58. The lowest BCUT2D eigenvalue weighted by molar-refractivity contribution is 0.194. The fraction of sp³-hybridized carbons (Fsp3) is 0.364. The molecular weight excluding hydrogens is 430 g/mol. The first-order chi connectivity index (χ1) is 14.0. The molecule has 1 unspecified atom stereocenters. The second-order valence-electron chi connectivity index (χ2n) is 7.46. The number of likely N-dealkylation sites (N-methyl/N-ethyl adjacent to an activating group) is 1. The molecule has 0 spiro atoms. The molecule has 1 aliphatic heterocycles. The minimum atomic E-state index is 0.0325. The third-order valence-corrected chi connectivity index (χ3v) is 5.60. The van der Waals surface area contributed by atoms with Gasteiger partial charge in [-0.05, 0) is 79.6 Å². The van der Waals surface area contributed by atoms with Crippen molar-refractivity contribution in [2.45, 2.75) is 25.3 Å². The smallest absolute Gasteiger partial charge is 0.204 e. The van der Waals surface area contributed by atoms with Crippen molar-refractivity contribution in [3.63, 3.8) is 0 Å². The van der Waals surface area contributed by atoms with Gasteiger partial charge in [0.15, 0.2) is 0 Å². The molecule has 1 fully saturated rings. The molecule has 1 atom stereocenters. The number of aliphatic imine (C=N–C) groups is 1. The minimum absolute atomic E-state index is 0.0325. The van der Waals surface area contributed by atoms with E-state index in [2.05, 4.69) is 45.1 Å². The monoisotopic (exact) mass is 455 g/mol. The van der Waals surface area contributed by atoms with E-state index in [-0.39, 0.29) is 5.75 Å². The zero-order valence-corrected chi connectivity index (χ0v) is 18.4. The normalized spacial score (nSPS) is 17.3. The summed E-state index contributed by atoms with van der Waals surface area (Å²) in [7, 11) is 4.16. The number of halogens is 1. The van der Waals surface area contributed by atoms with Crippen molar-refractivity contribution in [3.05, 3.63) is 52.5 Å². The van der Waals surface area contributed by atoms with Crippen LogP contribution in [0, 0.1) is 11.3 Å². The van der Waals surface area contributed by atoms with Gasteiger partial charge < -0.3 is 20.2 Å². The highest BCUT2D eigenvalue weighted by atomic mass is 79.9. The summed E-state index contributed by atoms with van der Waals surface area (Å²) in [5.41, 5.74) is 1.77. The highest BCUT2D eigenvalue weighted by Gasteiger charge is 2.26. The van der Waals surface area contributed by atoms with E-state index >= 15 is 0 Å². The van der Waals surface area contributed by atoms with Gasteiger partial charge in [-0.15, -0.1) is 0 Å². The second-order valence-corrected chi connectivity index (χ2v) is 8.32. The Labute approximate surface area is 180 Å². The maximum Gasteiger partial charge on any atom is 0.204 e. The van der Waals surface area contributed by atoms with Crippen LogP contribution in [0.3, 0.4) is 0 Å². The van der Waals surface area contributed by atoms with Gasteiger partial charge in [-0.1, -0.05) is 12.1 Å². The van der Waals surface area contributed by atoms with Gasteiger partial charge >= 0.3 is 0 Å². The number of rotatable bonds is 4. The molecule has 1 aliphatic rings. The van der Waals surface area contributed by atoms with E-state index in [0.717, 1.165) is 36.1 Å². The zero-order valence-electron chi connectivity index (χ0n) is 16.8. The van der Waals surface area contributed by atoms with E-state index in [1.54, 1.807) is 12.1 Å². The topological polar surface area (TPSA) is 74.9 Å². The Morgan fingerprint density at radius 3 is 2.79 bits per heavy atom. The SMILES string of the molecule is CN(C)CC1CCCCN1C(=Nc1ccccc1Br)Nc1ccc(C#N)cc1O. The van der Waals surface area contributed by atoms with Crippen LogP contribution in [0.25, 0.3) is 0 Å². The van der Waals surface area contributed by atoms with Gasteiger partial charge in [0.25, 0.3) is 0 Å². The number of aromatic hydroxyl groups is 1. The maximum absolute atomic E-state index is 10.4. The van der Waals surface area contributed by atoms with Crippen molar-refractivity contribution < 1.29 is 5.11 Å². The highest BCUT2D eigenvalue weighted by molar-refractivity contribution is 9.10. The lowest BCUT2D eigenvalue weighted by Crippen LogP contribution is -2.50. The highest BCUT2D eigenvalue weighted by Crippen LogP contribution is 2.29. The van der Waals surface area contributed by atoms with Crippen molar-refractivity contribution in [1.29, 1.82) is 5.26 Å². The fourth-order valence-electron chi connectivity index (χ4n) is 3.54. The summed E-state index contributed by atoms with van der Waals surface area (Å²) in [5, 5.41) is 22.8. The van der Waals surface area contributed by atoms with Crippen molar-refractivity contribution in [2.75, 3.05) is 32.5 Å². The standard InChI is InChI=1S/C22H26BrN5O/c1-27(2)15-17-7-5-6-12-28(17)22(25-19-9-4-3-8-18(19)23)26-20-11-10-16(14-24)13-21(20)29/h3-4,8-11,13,17,29H,5-7,12,15H2,1-2H3,(H,25,26). The molecule has 0 saturated carbocycles. The molecule has 7 heteroatoms. The maximum atomic E-state index is 10.4. The van der Waals surface area contributed by atoms with Gasteiger partial charge in [0.1, 0.15) is 5.75 Å². The number of anilines is 1. The Kier molecular flexibility index (Phi) is 7.13. The lowest BCUT2D eigenvalue weighted by Gasteiger charge is -2.39. The van der Waals surface area contributed by atoms with Gasteiger partial charge in [0, 0.05) is 23.6 Å². The molecule has 0 bridgehead atoms. The van der Waals surface area contributed by atoms with Crippen LogP contribution < -0.4 is 5.32 Å². The molecule has 152 valence electrons. The van der Waals surface area contributed by atoms with Crippen LogP contribution in [-0.2, 0) is 0 Å². The number of phenolic OH excluding ortho intramolecular Hbond substituents is 1. The number of hydrogen-bond donors (Lipinski definition) is 2. The van der Waals surface area contributed by atoms with Crippen LogP contribution in [0.15, 0.2) is 51.9 Å². The van der Waals surface area contributed by atoms with Gasteiger partial charge in [0.05, 0.1) is 23.0 Å². The second kappa shape index (κ2) is 9.77. The van der Waals surface area contributed by atoms with E-state index in [0.29, 0.717) is 23.3 Å². The number of benzene rings is 2. The minimum Gasteiger partial charge on any atom is -0.506 e. The van der Waals surface area contributed by atoms with Gasteiger partial charge in [-0.2, -0.15) is 5.26 Å². The third kappa shape index (κ3) is 5.49. The first-order valence-corrected chi connectivity index (χ1v) is 10.5. The van der Waals surface area contributed by atoms with Crippen LogP contribution in [0.2, 0.25) is 0 Å². The van der Waals surface area contributed by atoms with E-state index < -0.39 is 0 Å². The first kappa shape index (κ1) is 21.2. The van der Waals surface area contributed by atoms with Crippen LogP contribution in [-0.4, -0.2) is 54.1 Å². The summed E-state index contributed by atoms with van der Waals surface area (Å²) in [6.07, 6.45) is 3.38. The van der Waals surface area contributed by atoms with Crippen LogP contribution in [0.4, 0.5) is 11.4 Å². The molecular formula is C22H26BrN5O. The van der Waals surface area contributed by atoms with E-state index in [9.17, 15) is 5.11 Å². The molecule has 2 aromatic rings. The van der Waals surface area contributed by atoms with E-state index in [4.69, 9.17) is 10.3 Å². The van der Waals surface area contributed by atoms with Gasteiger partial charge in [-0.3, -0.25) is 0 Å². The van der Waals surface area contributed by atoms with Crippen molar-refractivity contribution >= 4 is 33.3 Å². The number of nitriles is 1. The molecule has 6 nitrogen and oxygen atoms in total. The fourth-order valence-corrected chi connectivity index (χ4v) is 3.91. The largest absolute Gasteiger partial charge is 0.506 e. The number of para-hydroxylation sites is 1. The van der Waals surface area contributed by atoms with Crippen LogP contribution >= 0.6 is 15.9 Å². The van der Waals surface area contributed by atoms with Crippen molar-refractivity contribution in [1.82, 2.24) is 9.80 Å². The molecule has 0 radical (unpaired) electrons. The average molecular weight is 456 g/mol. The molecule has 0 aliphatic carbocycles. The number of likely N-dealkylation sites (tertiary alicyclic amines) is 1. The molecule has 0 amide bonds. The molecule has 2 N–H and O–H groups in total. The van der Waals surface area contributed by atoms with Crippen molar-refractivity contribution in [3.8, 4) is 11.8 Å². The zero-order chi connectivity index (χ0) is 20.8. The molecule has 1 heterocycles. The first-order valence-electron chi connectivity index (χ1n) is 9.72. The number of hydrogen-bond acceptors (Lipinski definition) is 4. The van der Waals surface area contributed by atoms with Crippen molar-refractivity contribution in [2.24, 2.45) is 4.99 Å². The molecule has 0 aromatic heterocycles. The summed E-state index contributed by atoms with van der Waals surface area (Å²) in [6, 6.07) is 15.1. The number of nitrogens with one attached hydrogen (secondary N) is 1. The number of nitrogens with zero attached hydrogens (tertiary/aromatic N) is 4. The van der Waals surface area contributed by atoms with Crippen LogP contribution in [0.5, 0.6) is 5.75 Å². The summed E-state index contributed by atoms with van der Waals surface area (Å²) < 4.78 is 0.907. The Bertz CT molecular complexity index is 922.